The van der Waals surface area contributed by atoms with Crippen molar-refractivity contribution in [2.75, 3.05) is 0 Å². The van der Waals surface area contributed by atoms with Crippen molar-refractivity contribution in [3.8, 4) is 0 Å². The maximum absolute atomic E-state index is 8.51. The Labute approximate surface area is 53.2 Å². The lowest BCUT2D eigenvalue weighted by molar-refractivity contribution is 0.435. The molecule has 0 spiro atoms. The van der Waals surface area contributed by atoms with Crippen LogP contribution in [0.4, 0.5) is 0 Å². The average molecular weight is 131 g/mol. The van der Waals surface area contributed by atoms with E-state index in [1.165, 1.54) is 6.08 Å². The SMILES string of the molecule is C=C(O)/C=C(/C)SN. The Bertz CT molecular complexity index is 120. The van der Waals surface area contributed by atoms with E-state index in [4.69, 9.17) is 10.2 Å². The summed E-state index contributed by atoms with van der Waals surface area (Å²) in [6, 6.07) is 0. The van der Waals surface area contributed by atoms with E-state index in [1.54, 1.807) is 6.92 Å². The van der Waals surface area contributed by atoms with Crippen LogP contribution in [0.15, 0.2) is 23.3 Å². The first-order chi connectivity index (χ1) is 3.66. The molecule has 0 bridgehead atoms. The van der Waals surface area contributed by atoms with Crippen molar-refractivity contribution in [1.29, 1.82) is 0 Å². The molecule has 8 heavy (non-hydrogen) atoms. The van der Waals surface area contributed by atoms with Gasteiger partial charge in [0.15, 0.2) is 0 Å². The van der Waals surface area contributed by atoms with Crippen LogP contribution < -0.4 is 5.14 Å². The minimum Gasteiger partial charge on any atom is -0.509 e. The smallest absolute Gasteiger partial charge is 0.109 e. The molecule has 0 saturated carbocycles. The molecule has 0 aromatic carbocycles. The Hall–Kier alpha value is -0.410. The number of aliphatic hydroxyl groups excluding tert-OH is 1. The van der Waals surface area contributed by atoms with Crippen LogP contribution in [-0.2, 0) is 0 Å². The minimum atomic E-state index is 0.0421. The van der Waals surface area contributed by atoms with E-state index in [2.05, 4.69) is 6.58 Å². The topological polar surface area (TPSA) is 46.2 Å². The van der Waals surface area contributed by atoms with Gasteiger partial charge in [0.05, 0.1) is 0 Å². The van der Waals surface area contributed by atoms with E-state index < -0.39 is 0 Å². The molecule has 0 radical (unpaired) electrons. The predicted molar refractivity (Wildman–Crippen MR) is 37.3 cm³/mol. The standard InChI is InChI=1S/C5H9NOS/c1-4(7)3-5(2)8-6/h3,7H,1,6H2,2H3/b5-3-. The number of nitrogens with two attached hydrogens (primary N) is 1. The summed E-state index contributed by atoms with van der Waals surface area (Å²) in [5.74, 6) is 0.0421. The van der Waals surface area contributed by atoms with Crippen molar-refractivity contribution in [2.45, 2.75) is 6.92 Å². The molecule has 0 aliphatic heterocycles. The van der Waals surface area contributed by atoms with E-state index in [0.717, 1.165) is 16.9 Å². The molecule has 0 fully saturated rings. The maximum atomic E-state index is 8.51. The lowest BCUT2D eigenvalue weighted by atomic mass is 10.5. The van der Waals surface area contributed by atoms with Crippen molar-refractivity contribution in [3.63, 3.8) is 0 Å². The molecule has 3 N–H and O–H groups in total. The van der Waals surface area contributed by atoms with Gasteiger partial charge in [-0.3, -0.25) is 5.14 Å². The normalized spacial score (nSPS) is 11.5. The molecule has 0 rings (SSSR count). The van der Waals surface area contributed by atoms with Gasteiger partial charge in [-0.2, -0.15) is 0 Å². The first-order valence-corrected chi connectivity index (χ1v) is 2.97. The summed E-state index contributed by atoms with van der Waals surface area (Å²) in [5.41, 5.74) is 0. The van der Waals surface area contributed by atoms with Crippen LogP contribution in [-0.4, -0.2) is 5.11 Å². The number of hydrogen-bond donors (Lipinski definition) is 2. The van der Waals surface area contributed by atoms with Crippen LogP contribution in [0.2, 0.25) is 0 Å². The van der Waals surface area contributed by atoms with Gasteiger partial charge in [0.2, 0.25) is 0 Å². The number of rotatable bonds is 2. The molecule has 0 amide bonds. The summed E-state index contributed by atoms with van der Waals surface area (Å²) in [6.07, 6.45) is 1.50. The number of allylic oxidation sites excluding steroid dienone is 2. The van der Waals surface area contributed by atoms with E-state index in [9.17, 15) is 0 Å². The fraction of sp³-hybridized carbons (Fsp3) is 0.200. The van der Waals surface area contributed by atoms with Crippen LogP contribution >= 0.6 is 11.9 Å². The third kappa shape index (κ3) is 3.77. The van der Waals surface area contributed by atoms with Gasteiger partial charge < -0.3 is 5.11 Å². The van der Waals surface area contributed by atoms with E-state index in [1.807, 2.05) is 0 Å². The summed E-state index contributed by atoms with van der Waals surface area (Å²) in [7, 11) is 0. The zero-order valence-corrected chi connectivity index (χ0v) is 5.53. The zero-order valence-electron chi connectivity index (χ0n) is 4.72. The molecule has 2 nitrogen and oxygen atoms in total. The summed E-state index contributed by atoms with van der Waals surface area (Å²) >= 11 is 1.09. The fourth-order valence-corrected chi connectivity index (χ4v) is 0.473. The van der Waals surface area contributed by atoms with Gasteiger partial charge in [-0.1, -0.05) is 18.5 Å². The van der Waals surface area contributed by atoms with Gasteiger partial charge in [0, 0.05) is 4.91 Å². The molecular weight excluding hydrogens is 122 g/mol. The van der Waals surface area contributed by atoms with Crippen molar-refractivity contribution in [3.05, 3.63) is 23.3 Å². The quantitative estimate of drug-likeness (QED) is 0.339. The van der Waals surface area contributed by atoms with E-state index in [-0.39, 0.29) is 5.76 Å². The first kappa shape index (κ1) is 7.59. The van der Waals surface area contributed by atoms with Crippen molar-refractivity contribution < 1.29 is 5.11 Å². The second kappa shape index (κ2) is 3.57. The number of aliphatic hydroxyl groups is 1. The Morgan fingerprint density at radius 3 is 2.50 bits per heavy atom. The minimum absolute atomic E-state index is 0.0421. The molecule has 0 atom stereocenters. The Kier molecular flexibility index (Phi) is 3.39. The van der Waals surface area contributed by atoms with Crippen molar-refractivity contribution in [1.82, 2.24) is 0 Å². The lowest BCUT2D eigenvalue weighted by Gasteiger charge is -1.90. The van der Waals surface area contributed by atoms with Crippen LogP contribution in [0.5, 0.6) is 0 Å². The summed E-state index contributed by atoms with van der Waals surface area (Å²) < 4.78 is 0. The highest BCUT2D eigenvalue weighted by Gasteiger charge is 1.83. The van der Waals surface area contributed by atoms with Crippen LogP contribution in [0.25, 0.3) is 0 Å². The highest BCUT2D eigenvalue weighted by atomic mass is 32.2. The molecular formula is C5H9NOS. The van der Waals surface area contributed by atoms with E-state index >= 15 is 0 Å². The van der Waals surface area contributed by atoms with Gasteiger partial charge >= 0.3 is 0 Å². The van der Waals surface area contributed by atoms with Gasteiger partial charge in [0.1, 0.15) is 5.76 Å². The Morgan fingerprint density at radius 1 is 1.88 bits per heavy atom. The molecule has 3 heteroatoms. The van der Waals surface area contributed by atoms with Gasteiger partial charge in [-0.05, 0) is 13.0 Å². The monoisotopic (exact) mass is 131 g/mol. The number of hydrogen-bond acceptors (Lipinski definition) is 3. The molecule has 46 valence electrons. The average Bonchev–Trinajstić information content (AvgIpc) is 1.65. The predicted octanol–water partition coefficient (Wildman–Crippen LogP) is 1.57. The first-order valence-electron chi connectivity index (χ1n) is 2.09. The van der Waals surface area contributed by atoms with Gasteiger partial charge in [-0.25, -0.2) is 0 Å². The van der Waals surface area contributed by atoms with E-state index in [0.29, 0.717) is 0 Å². The molecule has 0 unspecified atom stereocenters. The van der Waals surface area contributed by atoms with Gasteiger partial charge in [-0.15, -0.1) is 0 Å². The largest absolute Gasteiger partial charge is 0.509 e. The third-order valence-corrected chi connectivity index (χ3v) is 1.05. The molecule has 0 heterocycles. The second-order valence-corrected chi connectivity index (χ2v) is 2.24. The van der Waals surface area contributed by atoms with Crippen LogP contribution in [0.1, 0.15) is 6.92 Å². The second-order valence-electron chi connectivity index (χ2n) is 1.36. The summed E-state index contributed by atoms with van der Waals surface area (Å²) in [4.78, 5) is 0.845. The molecule has 0 aromatic rings. The Balaban J connectivity index is 3.75. The Morgan fingerprint density at radius 2 is 2.38 bits per heavy atom. The lowest BCUT2D eigenvalue weighted by Crippen LogP contribution is -1.78. The fourth-order valence-electron chi connectivity index (χ4n) is 0.269. The summed E-state index contributed by atoms with van der Waals surface area (Å²) in [6.45, 7) is 5.05. The highest BCUT2D eigenvalue weighted by Crippen LogP contribution is 2.06. The van der Waals surface area contributed by atoms with Crippen molar-refractivity contribution in [2.24, 2.45) is 5.14 Å². The van der Waals surface area contributed by atoms with Crippen LogP contribution in [0, 0.1) is 0 Å². The molecule has 0 aliphatic rings. The third-order valence-electron chi connectivity index (χ3n) is 0.556. The molecule has 0 saturated heterocycles. The summed E-state index contributed by atoms with van der Waals surface area (Å²) in [5, 5.41) is 13.6. The van der Waals surface area contributed by atoms with Crippen LogP contribution in [0.3, 0.4) is 0 Å². The maximum Gasteiger partial charge on any atom is 0.109 e. The zero-order chi connectivity index (χ0) is 6.57. The van der Waals surface area contributed by atoms with Gasteiger partial charge in [0.25, 0.3) is 0 Å². The molecule has 0 aliphatic carbocycles. The highest BCUT2D eigenvalue weighted by molar-refractivity contribution is 8.00. The van der Waals surface area contributed by atoms with Crippen molar-refractivity contribution >= 4 is 11.9 Å². The molecule has 0 aromatic heterocycles.